The van der Waals surface area contributed by atoms with Crippen LogP contribution in [0.15, 0.2) is 67.1 Å². The van der Waals surface area contributed by atoms with Gasteiger partial charge in [0.25, 0.3) is 0 Å². The quantitative estimate of drug-likeness (QED) is 0.315. The van der Waals surface area contributed by atoms with Crippen molar-refractivity contribution in [1.29, 1.82) is 0 Å². The minimum Gasteiger partial charge on any atom is -0.366 e. The molecule has 0 radical (unpaired) electrons. The first kappa shape index (κ1) is 18.2. The number of nitrogens with zero attached hydrogens (tertiary/aromatic N) is 2. The van der Waals surface area contributed by atoms with Gasteiger partial charge in [0.2, 0.25) is 5.95 Å². The average Bonchev–Trinajstić information content (AvgIpc) is 3.39. The maximum absolute atomic E-state index is 13.3. The van der Waals surface area contributed by atoms with Gasteiger partial charge in [0, 0.05) is 48.1 Å². The highest BCUT2D eigenvalue weighted by atomic mass is 19.1. The van der Waals surface area contributed by atoms with Crippen molar-refractivity contribution in [2.45, 2.75) is 13.0 Å². The van der Waals surface area contributed by atoms with Crippen molar-refractivity contribution >= 4 is 33.6 Å². The van der Waals surface area contributed by atoms with E-state index in [-0.39, 0.29) is 5.82 Å². The molecule has 0 saturated carbocycles. The molecular formula is C23H21FN6. The Balaban J connectivity index is 1.19. The lowest BCUT2D eigenvalue weighted by atomic mass is 10.1. The van der Waals surface area contributed by atoms with Gasteiger partial charge in [-0.1, -0.05) is 6.07 Å². The molecule has 0 atom stereocenters. The zero-order chi connectivity index (χ0) is 20.3. The van der Waals surface area contributed by atoms with Gasteiger partial charge in [-0.25, -0.2) is 9.37 Å². The summed E-state index contributed by atoms with van der Waals surface area (Å²) in [5, 5.41) is 8.84. The lowest BCUT2D eigenvalue weighted by molar-refractivity contribution is 0.629. The normalized spacial score (nSPS) is 11.2. The Bertz CT molecular complexity index is 1310. The van der Waals surface area contributed by atoms with Gasteiger partial charge in [0.05, 0.1) is 0 Å². The van der Waals surface area contributed by atoms with Gasteiger partial charge in [-0.05, 0) is 65.4 Å². The number of fused-ring (bicyclic) bond motifs is 2. The van der Waals surface area contributed by atoms with Gasteiger partial charge in [0.15, 0.2) is 0 Å². The minimum atomic E-state index is -0.236. The highest BCUT2D eigenvalue weighted by Gasteiger charge is 2.06. The van der Waals surface area contributed by atoms with Gasteiger partial charge >= 0.3 is 0 Å². The van der Waals surface area contributed by atoms with E-state index in [2.05, 4.69) is 54.8 Å². The second-order valence-electron chi connectivity index (χ2n) is 7.20. The SMILES string of the molecule is Fc1ccc2c(CCNc3nccc(NCc4ccc5[nH]ccc5c4)n3)c[nH]c2c1. The smallest absolute Gasteiger partial charge is 0.224 e. The molecule has 0 aliphatic heterocycles. The van der Waals surface area contributed by atoms with Crippen molar-refractivity contribution in [3.05, 3.63) is 84.1 Å². The first-order valence-corrected chi connectivity index (χ1v) is 9.87. The number of benzene rings is 2. The Morgan fingerprint density at radius 2 is 1.90 bits per heavy atom. The van der Waals surface area contributed by atoms with Gasteiger partial charge < -0.3 is 20.6 Å². The van der Waals surface area contributed by atoms with Gasteiger partial charge in [-0.3, -0.25) is 0 Å². The van der Waals surface area contributed by atoms with Crippen LogP contribution < -0.4 is 10.6 Å². The van der Waals surface area contributed by atoms with Crippen LogP contribution in [0.1, 0.15) is 11.1 Å². The average molecular weight is 400 g/mol. The van der Waals surface area contributed by atoms with Crippen LogP contribution in [0.2, 0.25) is 0 Å². The molecule has 0 unspecified atom stereocenters. The first-order valence-electron chi connectivity index (χ1n) is 9.87. The van der Waals surface area contributed by atoms with Crippen LogP contribution in [0.4, 0.5) is 16.2 Å². The Kier molecular flexibility index (Phi) is 4.77. The fourth-order valence-electron chi connectivity index (χ4n) is 3.62. The molecule has 5 rings (SSSR count). The second-order valence-corrected chi connectivity index (χ2v) is 7.20. The first-order chi connectivity index (χ1) is 14.7. The number of rotatable bonds is 7. The van der Waals surface area contributed by atoms with E-state index in [1.54, 1.807) is 6.20 Å². The van der Waals surface area contributed by atoms with Crippen LogP contribution in [0.5, 0.6) is 0 Å². The molecule has 0 saturated heterocycles. The molecule has 3 heterocycles. The van der Waals surface area contributed by atoms with E-state index >= 15 is 0 Å². The van der Waals surface area contributed by atoms with E-state index in [0.717, 1.165) is 34.2 Å². The standard InChI is InChI=1S/C23H21FN6/c24-18-2-3-19-17(14-28-21(19)12-18)6-9-26-23-27-10-7-22(30-23)29-13-15-1-4-20-16(11-15)5-8-25-20/h1-5,7-8,10-12,14,25,28H,6,9,13H2,(H2,26,27,29,30). The van der Waals surface area contributed by atoms with Gasteiger partial charge in [-0.2, -0.15) is 4.98 Å². The van der Waals surface area contributed by atoms with Crippen LogP contribution in [0.3, 0.4) is 0 Å². The number of aromatic amines is 2. The fraction of sp³-hybridized carbons (Fsp3) is 0.130. The largest absolute Gasteiger partial charge is 0.366 e. The molecule has 0 bridgehead atoms. The molecule has 3 aromatic heterocycles. The molecule has 0 aliphatic carbocycles. The van der Waals surface area contributed by atoms with Crippen molar-refractivity contribution in [2.24, 2.45) is 0 Å². The van der Waals surface area contributed by atoms with E-state index in [0.29, 0.717) is 19.0 Å². The summed E-state index contributed by atoms with van der Waals surface area (Å²) in [5.74, 6) is 1.11. The van der Waals surface area contributed by atoms with Crippen LogP contribution >= 0.6 is 0 Å². The summed E-state index contributed by atoms with van der Waals surface area (Å²) >= 11 is 0. The van der Waals surface area contributed by atoms with E-state index in [1.165, 1.54) is 23.1 Å². The number of nitrogens with one attached hydrogen (secondary N) is 4. The van der Waals surface area contributed by atoms with Crippen molar-refractivity contribution in [3.8, 4) is 0 Å². The fourth-order valence-corrected chi connectivity index (χ4v) is 3.62. The minimum absolute atomic E-state index is 0.236. The molecule has 0 spiro atoms. The predicted molar refractivity (Wildman–Crippen MR) is 118 cm³/mol. The van der Waals surface area contributed by atoms with Crippen molar-refractivity contribution in [2.75, 3.05) is 17.2 Å². The molecule has 7 heteroatoms. The maximum Gasteiger partial charge on any atom is 0.224 e. The Labute approximate surface area is 172 Å². The highest BCUT2D eigenvalue weighted by Crippen LogP contribution is 2.20. The molecule has 30 heavy (non-hydrogen) atoms. The van der Waals surface area contributed by atoms with E-state index < -0.39 is 0 Å². The summed E-state index contributed by atoms with van der Waals surface area (Å²) in [5.41, 5.74) is 4.26. The Hall–Kier alpha value is -3.87. The van der Waals surface area contributed by atoms with Crippen molar-refractivity contribution in [1.82, 2.24) is 19.9 Å². The third kappa shape index (κ3) is 3.82. The summed E-state index contributed by atoms with van der Waals surface area (Å²) in [4.78, 5) is 15.2. The lowest BCUT2D eigenvalue weighted by Crippen LogP contribution is -2.09. The van der Waals surface area contributed by atoms with Crippen LogP contribution in [0, 0.1) is 5.82 Å². The second kappa shape index (κ2) is 7.87. The Morgan fingerprint density at radius 3 is 2.87 bits per heavy atom. The molecule has 0 amide bonds. The third-order valence-electron chi connectivity index (χ3n) is 5.15. The van der Waals surface area contributed by atoms with Gasteiger partial charge in [-0.15, -0.1) is 0 Å². The summed E-state index contributed by atoms with van der Waals surface area (Å²) in [6.07, 6.45) is 6.38. The zero-order valence-electron chi connectivity index (χ0n) is 16.2. The molecule has 5 aromatic rings. The lowest BCUT2D eigenvalue weighted by Gasteiger charge is -2.09. The molecule has 4 N–H and O–H groups in total. The van der Waals surface area contributed by atoms with Crippen molar-refractivity contribution < 1.29 is 4.39 Å². The topological polar surface area (TPSA) is 81.4 Å². The van der Waals surface area contributed by atoms with E-state index in [4.69, 9.17) is 0 Å². The summed E-state index contributed by atoms with van der Waals surface area (Å²) in [6, 6.07) is 15.1. The van der Waals surface area contributed by atoms with Crippen molar-refractivity contribution in [3.63, 3.8) is 0 Å². The molecule has 0 fully saturated rings. The molecule has 150 valence electrons. The molecule has 6 nitrogen and oxygen atoms in total. The number of hydrogen-bond donors (Lipinski definition) is 4. The van der Waals surface area contributed by atoms with Gasteiger partial charge in [0.1, 0.15) is 11.6 Å². The zero-order valence-corrected chi connectivity index (χ0v) is 16.2. The third-order valence-corrected chi connectivity index (χ3v) is 5.15. The number of aromatic nitrogens is 4. The molecule has 2 aromatic carbocycles. The summed E-state index contributed by atoms with van der Waals surface area (Å²) in [6.45, 7) is 1.36. The highest BCUT2D eigenvalue weighted by molar-refractivity contribution is 5.83. The summed E-state index contributed by atoms with van der Waals surface area (Å²) in [7, 11) is 0. The summed E-state index contributed by atoms with van der Waals surface area (Å²) < 4.78 is 13.3. The number of anilines is 2. The molecular weight excluding hydrogens is 379 g/mol. The number of halogens is 1. The van der Waals surface area contributed by atoms with E-state index in [9.17, 15) is 4.39 Å². The van der Waals surface area contributed by atoms with Crippen LogP contribution in [0.25, 0.3) is 21.8 Å². The Morgan fingerprint density at radius 1 is 0.933 bits per heavy atom. The number of hydrogen-bond acceptors (Lipinski definition) is 4. The molecule has 0 aliphatic rings. The van der Waals surface area contributed by atoms with E-state index in [1.807, 2.05) is 24.5 Å². The van der Waals surface area contributed by atoms with Crippen LogP contribution in [-0.2, 0) is 13.0 Å². The maximum atomic E-state index is 13.3. The number of H-pyrrole nitrogens is 2. The van der Waals surface area contributed by atoms with Crippen LogP contribution in [-0.4, -0.2) is 26.5 Å². The monoisotopic (exact) mass is 400 g/mol. The predicted octanol–water partition coefficient (Wildman–Crippen LogP) is 4.85.